The molecule has 0 radical (unpaired) electrons. The normalized spacial score (nSPS) is 29.3. The van der Waals surface area contributed by atoms with E-state index in [1.165, 1.54) is 5.56 Å². The summed E-state index contributed by atoms with van der Waals surface area (Å²) in [6, 6.07) is 4.32. The molecule has 0 spiro atoms. The molecule has 0 saturated carbocycles. The molecule has 104 valence electrons. The number of aliphatic hydroxyl groups is 1. The number of piperidine rings is 1. The topological polar surface area (TPSA) is 50.7 Å². The lowest BCUT2D eigenvalue weighted by atomic mass is 9.74. The Bertz CT molecular complexity index is 475. The Morgan fingerprint density at radius 1 is 1.21 bits per heavy atom. The number of methoxy groups -OCH3 is 2. The van der Waals surface area contributed by atoms with E-state index in [2.05, 4.69) is 5.32 Å². The summed E-state index contributed by atoms with van der Waals surface area (Å²) in [5.74, 6) is 1.75. The van der Waals surface area contributed by atoms with Gasteiger partial charge in [-0.3, -0.25) is 0 Å². The van der Waals surface area contributed by atoms with Crippen molar-refractivity contribution in [3.8, 4) is 11.5 Å². The predicted molar refractivity (Wildman–Crippen MR) is 72.7 cm³/mol. The van der Waals surface area contributed by atoms with Crippen LogP contribution in [0.15, 0.2) is 12.1 Å². The number of hydrogen-bond donors (Lipinski definition) is 2. The van der Waals surface area contributed by atoms with Gasteiger partial charge in [0.25, 0.3) is 0 Å². The van der Waals surface area contributed by atoms with Crippen LogP contribution in [-0.4, -0.2) is 31.9 Å². The van der Waals surface area contributed by atoms with Crippen molar-refractivity contribution in [2.75, 3.05) is 20.8 Å². The van der Waals surface area contributed by atoms with Crippen LogP contribution in [0.25, 0.3) is 0 Å². The molecule has 1 heterocycles. The van der Waals surface area contributed by atoms with E-state index in [1.54, 1.807) is 14.2 Å². The van der Waals surface area contributed by atoms with Gasteiger partial charge in [-0.2, -0.15) is 0 Å². The zero-order valence-corrected chi connectivity index (χ0v) is 11.5. The first kappa shape index (κ1) is 12.8. The van der Waals surface area contributed by atoms with E-state index >= 15 is 0 Å². The lowest BCUT2D eigenvalue weighted by Crippen LogP contribution is -2.47. The fraction of sp³-hybridized carbons (Fsp3) is 0.600. The summed E-state index contributed by atoms with van der Waals surface area (Å²) in [5.41, 5.74) is 2.17. The molecule has 2 aliphatic rings. The van der Waals surface area contributed by atoms with Gasteiger partial charge in [-0.1, -0.05) is 0 Å². The minimum absolute atomic E-state index is 0.319. The maximum absolute atomic E-state index is 10.6. The second-order valence-electron chi connectivity index (χ2n) is 5.42. The minimum Gasteiger partial charge on any atom is -0.493 e. The van der Waals surface area contributed by atoms with Gasteiger partial charge < -0.3 is 19.9 Å². The molecule has 2 N–H and O–H groups in total. The van der Waals surface area contributed by atoms with Crippen molar-refractivity contribution < 1.29 is 14.6 Å². The zero-order valence-electron chi connectivity index (χ0n) is 11.5. The molecule has 19 heavy (non-hydrogen) atoms. The highest BCUT2D eigenvalue weighted by atomic mass is 16.5. The van der Waals surface area contributed by atoms with Gasteiger partial charge in [0, 0.05) is 12.0 Å². The highest BCUT2D eigenvalue weighted by Gasteiger charge is 2.37. The summed E-state index contributed by atoms with van der Waals surface area (Å²) in [5, 5.41) is 14.1. The van der Waals surface area contributed by atoms with Gasteiger partial charge in [0.15, 0.2) is 11.5 Å². The lowest BCUT2D eigenvalue weighted by molar-refractivity contribution is 0.0539. The summed E-state index contributed by atoms with van der Waals surface area (Å²) >= 11 is 0. The Kier molecular flexibility index (Phi) is 3.37. The van der Waals surface area contributed by atoms with E-state index in [9.17, 15) is 5.11 Å². The van der Waals surface area contributed by atoms with Crippen molar-refractivity contribution >= 4 is 0 Å². The average Bonchev–Trinajstić information content (AvgIpc) is 2.46. The van der Waals surface area contributed by atoms with Crippen molar-refractivity contribution in [1.29, 1.82) is 0 Å². The Labute approximate surface area is 113 Å². The van der Waals surface area contributed by atoms with E-state index in [1.807, 2.05) is 12.1 Å². The van der Waals surface area contributed by atoms with Crippen molar-refractivity contribution in [3.63, 3.8) is 0 Å². The third-order valence-corrected chi connectivity index (χ3v) is 4.45. The summed E-state index contributed by atoms with van der Waals surface area (Å²) in [6.07, 6.45) is 2.78. The fourth-order valence-corrected chi connectivity index (χ4v) is 3.44. The highest BCUT2D eigenvalue weighted by Crippen LogP contribution is 2.42. The molecule has 1 aromatic carbocycles. The Balaban J connectivity index is 2.02. The van der Waals surface area contributed by atoms with Gasteiger partial charge >= 0.3 is 0 Å². The second kappa shape index (κ2) is 5.02. The molecule has 0 bridgehead atoms. The monoisotopic (exact) mass is 263 g/mol. The molecule has 3 atom stereocenters. The van der Waals surface area contributed by atoms with Crippen LogP contribution in [0.3, 0.4) is 0 Å². The van der Waals surface area contributed by atoms with Gasteiger partial charge in [0.05, 0.1) is 20.3 Å². The maximum atomic E-state index is 10.6. The van der Waals surface area contributed by atoms with E-state index in [0.717, 1.165) is 37.1 Å². The number of hydrogen-bond acceptors (Lipinski definition) is 4. The number of ether oxygens (including phenoxy) is 2. The summed E-state index contributed by atoms with van der Waals surface area (Å²) < 4.78 is 10.7. The van der Waals surface area contributed by atoms with Crippen LogP contribution in [0.1, 0.15) is 30.1 Å². The van der Waals surface area contributed by atoms with Crippen LogP contribution in [0, 0.1) is 5.92 Å². The summed E-state index contributed by atoms with van der Waals surface area (Å²) in [4.78, 5) is 0. The van der Waals surface area contributed by atoms with Crippen molar-refractivity contribution in [3.05, 3.63) is 23.3 Å². The molecule has 3 unspecified atom stereocenters. The quantitative estimate of drug-likeness (QED) is 0.852. The van der Waals surface area contributed by atoms with Gasteiger partial charge in [-0.15, -0.1) is 0 Å². The number of rotatable bonds is 2. The third kappa shape index (κ3) is 2.09. The van der Waals surface area contributed by atoms with E-state index in [-0.39, 0.29) is 0 Å². The molecule has 4 heteroatoms. The molecule has 1 aromatic rings. The molecule has 1 aliphatic heterocycles. The van der Waals surface area contributed by atoms with Gasteiger partial charge in [-0.05, 0) is 49.1 Å². The Morgan fingerprint density at radius 2 is 1.95 bits per heavy atom. The van der Waals surface area contributed by atoms with E-state index in [0.29, 0.717) is 17.7 Å². The van der Waals surface area contributed by atoms with Crippen LogP contribution < -0.4 is 14.8 Å². The van der Waals surface area contributed by atoms with Crippen molar-refractivity contribution in [1.82, 2.24) is 5.32 Å². The average molecular weight is 263 g/mol. The first-order valence-electron chi connectivity index (χ1n) is 6.91. The smallest absolute Gasteiger partial charge is 0.161 e. The molecular weight excluding hydrogens is 242 g/mol. The van der Waals surface area contributed by atoms with Crippen molar-refractivity contribution in [2.45, 2.75) is 31.4 Å². The molecule has 1 aliphatic carbocycles. The number of fused-ring (bicyclic) bond motifs is 2. The maximum Gasteiger partial charge on any atom is 0.161 e. The van der Waals surface area contributed by atoms with Gasteiger partial charge in [0.1, 0.15) is 0 Å². The Morgan fingerprint density at radius 3 is 2.68 bits per heavy atom. The highest BCUT2D eigenvalue weighted by molar-refractivity contribution is 5.49. The first-order chi connectivity index (χ1) is 9.24. The van der Waals surface area contributed by atoms with Crippen molar-refractivity contribution in [2.24, 2.45) is 5.92 Å². The fourth-order valence-electron chi connectivity index (χ4n) is 3.44. The summed E-state index contributed by atoms with van der Waals surface area (Å²) in [6.45, 7) is 1.05. The molecule has 1 fully saturated rings. The summed E-state index contributed by atoms with van der Waals surface area (Å²) in [7, 11) is 3.27. The van der Waals surface area contributed by atoms with Gasteiger partial charge in [-0.25, -0.2) is 0 Å². The number of benzene rings is 1. The molecular formula is C15H21NO3. The predicted octanol–water partition coefficient (Wildman–Crippen LogP) is 1.66. The minimum atomic E-state index is -0.402. The molecule has 0 amide bonds. The molecule has 3 rings (SSSR count). The SMILES string of the molecule is COc1cc2c(cc1OC)C(O)C1CCCNC1C2. The standard InChI is InChI=1S/C15H21NO3/c1-18-13-7-9-6-12-10(4-3-5-16-12)15(17)11(9)8-14(13)19-2/h7-8,10,12,15-17H,3-6H2,1-2H3. The first-order valence-corrected chi connectivity index (χ1v) is 6.91. The largest absolute Gasteiger partial charge is 0.493 e. The van der Waals surface area contributed by atoms with Crippen LogP contribution in [-0.2, 0) is 6.42 Å². The number of nitrogens with one attached hydrogen (secondary N) is 1. The van der Waals surface area contributed by atoms with E-state index in [4.69, 9.17) is 9.47 Å². The molecule has 4 nitrogen and oxygen atoms in total. The Hall–Kier alpha value is -1.26. The molecule has 0 aromatic heterocycles. The van der Waals surface area contributed by atoms with E-state index < -0.39 is 6.10 Å². The van der Waals surface area contributed by atoms with Crippen LogP contribution in [0.4, 0.5) is 0 Å². The van der Waals surface area contributed by atoms with Crippen LogP contribution in [0.2, 0.25) is 0 Å². The van der Waals surface area contributed by atoms with Crippen LogP contribution >= 0.6 is 0 Å². The zero-order chi connectivity index (χ0) is 13.4. The third-order valence-electron chi connectivity index (χ3n) is 4.45. The van der Waals surface area contributed by atoms with Crippen LogP contribution in [0.5, 0.6) is 11.5 Å². The van der Waals surface area contributed by atoms with Gasteiger partial charge in [0.2, 0.25) is 0 Å². The molecule has 1 saturated heterocycles. The lowest BCUT2D eigenvalue weighted by Gasteiger charge is -2.41. The second-order valence-corrected chi connectivity index (χ2v) is 5.42. The number of aliphatic hydroxyl groups excluding tert-OH is 1.